The Morgan fingerprint density at radius 2 is 2.04 bits per heavy atom. The van der Waals surface area contributed by atoms with Gasteiger partial charge in [0.25, 0.3) is 0 Å². The standard InChI is InChI=1S/C15H9BrCl2N2O3/c1-7-13(15(21)22)19-20(10-3-2-8(17)6-9(10)18)14(7)11-4-5-12(16)23-11/h2-6H,1H3,(H,21,22). The van der Waals surface area contributed by atoms with Crippen molar-refractivity contribution in [2.45, 2.75) is 6.92 Å². The zero-order valence-electron chi connectivity index (χ0n) is 11.7. The van der Waals surface area contributed by atoms with E-state index < -0.39 is 5.97 Å². The lowest BCUT2D eigenvalue weighted by molar-refractivity contribution is 0.0689. The van der Waals surface area contributed by atoms with E-state index in [1.54, 1.807) is 37.3 Å². The van der Waals surface area contributed by atoms with Crippen LogP contribution in [0, 0.1) is 6.92 Å². The lowest BCUT2D eigenvalue weighted by Gasteiger charge is -2.08. The lowest BCUT2D eigenvalue weighted by Crippen LogP contribution is -2.03. The largest absolute Gasteiger partial charge is 0.476 e. The van der Waals surface area contributed by atoms with E-state index in [1.165, 1.54) is 4.68 Å². The summed E-state index contributed by atoms with van der Waals surface area (Å²) in [6, 6.07) is 8.33. The molecule has 0 radical (unpaired) electrons. The van der Waals surface area contributed by atoms with E-state index in [0.29, 0.717) is 37.4 Å². The number of aromatic nitrogens is 2. The van der Waals surface area contributed by atoms with Gasteiger partial charge in [-0.15, -0.1) is 0 Å². The Labute approximate surface area is 149 Å². The van der Waals surface area contributed by atoms with E-state index in [1.807, 2.05) is 0 Å². The van der Waals surface area contributed by atoms with Crippen LogP contribution < -0.4 is 0 Å². The minimum absolute atomic E-state index is 0.0708. The summed E-state index contributed by atoms with van der Waals surface area (Å²) in [7, 11) is 0. The third-order valence-electron chi connectivity index (χ3n) is 3.27. The number of rotatable bonds is 3. The van der Waals surface area contributed by atoms with E-state index in [2.05, 4.69) is 21.0 Å². The zero-order valence-corrected chi connectivity index (χ0v) is 14.8. The minimum Gasteiger partial charge on any atom is -0.476 e. The van der Waals surface area contributed by atoms with E-state index in [4.69, 9.17) is 27.6 Å². The van der Waals surface area contributed by atoms with Gasteiger partial charge in [0.1, 0.15) is 5.69 Å². The number of carbonyl (C=O) groups is 1. The van der Waals surface area contributed by atoms with Crippen molar-refractivity contribution in [3.05, 3.63) is 56.3 Å². The average Bonchev–Trinajstić information content (AvgIpc) is 3.02. The van der Waals surface area contributed by atoms with Crippen LogP contribution in [0.3, 0.4) is 0 Å². The number of hydrogen-bond acceptors (Lipinski definition) is 3. The lowest BCUT2D eigenvalue weighted by atomic mass is 10.1. The topological polar surface area (TPSA) is 68.3 Å². The molecule has 0 atom stereocenters. The van der Waals surface area contributed by atoms with Gasteiger partial charge in [0.05, 0.1) is 10.7 Å². The quantitative estimate of drug-likeness (QED) is 0.637. The molecule has 2 aromatic heterocycles. The molecule has 1 aromatic carbocycles. The minimum atomic E-state index is -1.13. The van der Waals surface area contributed by atoms with E-state index >= 15 is 0 Å². The van der Waals surface area contributed by atoms with Crippen LogP contribution in [-0.4, -0.2) is 20.9 Å². The predicted molar refractivity (Wildman–Crippen MR) is 90.7 cm³/mol. The van der Waals surface area contributed by atoms with Crippen LogP contribution in [0.5, 0.6) is 0 Å². The van der Waals surface area contributed by atoms with Gasteiger partial charge in [-0.3, -0.25) is 0 Å². The highest BCUT2D eigenvalue weighted by Gasteiger charge is 2.24. The van der Waals surface area contributed by atoms with Crippen molar-refractivity contribution in [2.24, 2.45) is 0 Å². The van der Waals surface area contributed by atoms with Gasteiger partial charge in [-0.25, -0.2) is 9.48 Å². The second-order valence-corrected chi connectivity index (χ2v) is 6.36. The fourth-order valence-electron chi connectivity index (χ4n) is 2.26. The summed E-state index contributed by atoms with van der Waals surface area (Å²) in [6.07, 6.45) is 0. The van der Waals surface area contributed by atoms with Gasteiger partial charge >= 0.3 is 5.97 Å². The molecule has 0 aliphatic carbocycles. The number of furan rings is 1. The molecule has 0 saturated carbocycles. The maximum Gasteiger partial charge on any atom is 0.356 e. The molecule has 118 valence electrons. The fraction of sp³-hybridized carbons (Fsp3) is 0.0667. The molecule has 23 heavy (non-hydrogen) atoms. The number of carboxylic acids is 1. The van der Waals surface area contributed by atoms with E-state index in [-0.39, 0.29) is 5.69 Å². The SMILES string of the molecule is Cc1c(C(=O)O)nn(-c2ccc(Cl)cc2Cl)c1-c1ccc(Br)o1. The molecule has 0 fully saturated rings. The summed E-state index contributed by atoms with van der Waals surface area (Å²) >= 11 is 15.4. The maximum atomic E-state index is 11.4. The first kappa shape index (κ1) is 16.1. The van der Waals surface area contributed by atoms with Crippen molar-refractivity contribution in [1.29, 1.82) is 0 Å². The summed E-state index contributed by atoms with van der Waals surface area (Å²) in [5, 5.41) is 14.3. The van der Waals surface area contributed by atoms with Gasteiger partial charge in [0.15, 0.2) is 16.1 Å². The monoisotopic (exact) mass is 414 g/mol. The van der Waals surface area contributed by atoms with Crippen molar-refractivity contribution >= 4 is 45.1 Å². The van der Waals surface area contributed by atoms with Crippen molar-refractivity contribution in [1.82, 2.24) is 9.78 Å². The van der Waals surface area contributed by atoms with Gasteiger partial charge < -0.3 is 9.52 Å². The third kappa shape index (κ3) is 2.89. The van der Waals surface area contributed by atoms with Crippen LogP contribution >= 0.6 is 39.1 Å². The molecule has 0 amide bonds. The van der Waals surface area contributed by atoms with Crippen molar-refractivity contribution < 1.29 is 14.3 Å². The van der Waals surface area contributed by atoms with Gasteiger partial charge in [0, 0.05) is 10.6 Å². The van der Waals surface area contributed by atoms with E-state index in [0.717, 1.165) is 0 Å². The molecule has 0 unspecified atom stereocenters. The molecule has 3 aromatic rings. The number of halogens is 3. The normalized spacial score (nSPS) is 11.0. The summed E-state index contributed by atoms with van der Waals surface area (Å²) in [6.45, 7) is 1.67. The number of benzene rings is 1. The van der Waals surface area contributed by atoms with Crippen LogP contribution in [-0.2, 0) is 0 Å². The first-order valence-electron chi connectivity index (χ1n) is 6.42. The third-order valence-corrected chi connectivity index (χ3v) is 4.23. The molecule has 3 rings (SSSR count). The number of nitrogens with zero attached hydrogens (tertiary/aromatic N) is 2. The predicted octanol–water partition coefficient (Wildman–Crippen LogP) is 5.21. The van der Waals surface area contributed by atoms with Crippen LogP contribution in [0.15, 0.2) is 39.4 Å². The highest BCUT2D eigenvalue weighted by atomic mass is 79.9. The molecule has 0 saturated heterocycles. The van der Waals surface area contributed by atoms with Gasteiger partial charge in [-0.05, 0) is 53.2 Å². The zero-order chi connectivity index (χ0) is 16.7. The molecule has 8 heteroatoms. The molecule has 0 aliphatic rings. The summed E-state index contributed by atoms with van der Waals surface area (Å²) in [5.41, 5.74) is 1.43. The van der Waals surface area contributed by atoms with Crippen LogP contribution in [0.25, 0.3) is 17.1 Å². The molecule has 0 spiro atoms. The Hall–Kier alpha value is -1.76. The fourth-order valence-corrected chi connectivity index (χ4v) is 3.05. The molecular formula is C15H9BrCl2N2O3. The highest BCUT2D eigenvalue weighted by molar-refractivity contribution is 9.10. The van der Waals surface area contributed by atoms with Gasteiger partial charge in [-0.2, -0.15) is 5.10 Å². The maximum absolute atomic E-state index is 11.4. The number of hydrogen-bond donors (Lipinski definition) is 1. The van der Waals surface area contributed by atoms with Gasteiger partial charge in [0.2, 0.25) is 0 Å². The van der Waals surface area contributed by atoms with Crippen molar-refractivity contribution in [3.63, 3.8) is 0 Å². The molecule has 1 N–H and O–H groups in total. The number of carboxylic acid groups (broad SMARTS) is 1. The van der Waals surface area contributed by atoms with E-state index in [9.17, 15) is 9.90 Å². The van der Waals surface area contributed by atoms with Crippen LogP contribution in [0.4, 0.5) is 0 Å². The highest BCUT2D eigenvalue weighted by Crippen LogP contribution is 2.34. The Kier molecular flexibility index (Phi) is 4.23. The Bertz CT molecular complexity index is 918. The van der Waals surface area contributed by atoms with Crippen LogP contribution in [0.1, 0.15) is 16.1 Å². The first-order valence-corrected chi connectivity index (χ1v) is 7.97. The number of aromatic carboxylic acids is 1. The Morgan fingerprint density at radius 1 is 1.30 bits per heavy atom. The molecular weight excluding hydrogens is 407 g/mol. The summed E-state index contributed by atoms with van der Waals surface area (Å²) in [4.78, 5) is 11.4. The molecule has 2 heterocycles. The van der Waals surface area contributed by atoms with Crippen molar-refractivity contribution in [2.75, 3.05) is 0 Å². The van der Waals surface area contributed by atoms with Crippen molar-refractivity contribution in [3.8, 4) is 17.1 Å². The first-order chi connectivity index (χ1) is 10.9. The Morgan fingerprint density at radius 3 is 2.61 bits per heavy atom. The summed E-state index contributed by atoms with van der Waals surface area (Å²) < 4.78 is 7.54. The molecule has 5 nitrogen and oxygen atoms in total. The second-order valence-electron chi connectivity index (χ2n) is 4.74. The Balaban J connectivity index is 2.31. The van der Waals surface area contributed by atoms with Crippen LogP contribution in [0.2, 0.25) is 10.0 Å². The molecule has 0 aliphatic heterocycles. The summed E-state index contributed by atoms with van der Waals surface area (Å²) in [5.74, 6) is -0.654. The van der Waals surface area contributed by atoms with Gasteiger partial charge in [-0.1, -0.05) is 23.2 Å². The smallest absolute Gasteiger partial charge is 0.356 e. The second kappa shape index (κ2) is 6.03. The molecule has 0 bridgehead atoms. The average molecular weight is 416 g/mol.